The molecule has 1 fully saturated rings. The molecule has 11 heteroatoms. The number of amides is 1. The second-order valence-corrected chi connectivity index (χ2v) is 8.98. The Kier molecular flexibility index (Phi) is 7.81. The predicted molar refractivity (Wildman–Crippen MR) is 123 cm³/mol. The van der Waals surface area contributed by atoms with Gasteiger partial charge in [0.15, 0.2) is 5.82 Å². The highest BCUT2D eigenvalue weighted by Gasteiger charge is 2.37. The smallest absolute Gasteiger partial charge is 0.369 e. The number of nitrogens with one attached hydrogen (secondary N) is 1. The third kappa shape index (κ3) is 5.75. The molecule has 1 aromatic carbocycles. The maximum Gasteiger partial charge on any atom is 0.417 e. The standard InChI is InChI=1S/C22H27F3N6OS/c1-14(2)11-19(20(27)32)31(8-5-26)21-17(13-33-29-21)16-4-3-15(12-18(16)22(23,24)25)30-9-6-28-7-10-30/h3-4,12-14,19,28H,6-11H2,1-2H3,(H2,27,32)/t19-/m0/s1. The average Bonchev–Trinajstić information content (AvgIpc) is 3.25. The molecule has 1 saturated heterocycles. The fourth-order valence-electron chi connectivity index (χ4n) is 4.00. The van der Waals surface area contributed by atoms with Crippen LogP contribution in [-0.2, 0) is 11.0 Å². The first-order valence-corrected chi connectivity index (χ1v) is 11.5. The molecule has 0 spiro atoms. The lowest BCUT2D eigenvalue weighted by atomic mass is 9.98. The predicted octanol–water partition coefficient (Wildman–Crippen LogP) is 3.47. The summed E-state index contributed by atoms with van der Waals surface area (Å²) in [5, 5.41) is 14.1. The highest BCUT2D eigenvalue weighted by atomic mass is 32.1. The fraction of sp³-hybridized carbons (Fsp3) is 0.500. The summed E-state index contributed by atoms with van der Waals surface area (Å²) >= 11 is 0.976. The van der Waals surface area contributed by atoms with Crippen LogP contribution < -0.4 is 20.9 Å². The van der Waals surface area contributed by atoms with Gasteiger partial charge in [0.25, 0.3) is 0 Å². The van der Waals surface area contributed by atoms with Crippen molar-refractivity contribution in [1.29, 1.82) is 5.26 Å². The molecular weight excluding hydrogens is 453 g/mol. The lowest BCUT2D eigenvalue weighted by Crippen LogP contribution is -2.46. The highest BCUT2D eigenvalue weighted by molar-refractivity contribution is 7.04. The quantitative estimate of drug-likeness (QED) is 0.562. The monoisotopic (exact) mass is 480 g/mol. The van der Waals surface area contributed by atoms with Crippen molar-refractivity contribution in [1.82, 2.24) is 9.69 Å². The van der Waals surface area contributed by atoms with Crippen molar-refractivity contribution in [3.8, 4) is 17.2 Å². The van der Waals surface area contributed by atoms with Crippen LogP contribution >= 0.6 is 11.5 Å². The number of hydrogen-bond donors (Lipinski definition) is 2. The summed E-state index contributed by atoms with van der Waals surface area (Å²) in [5.74, 6) is -0.413. The van der Waals surface area contributed by atoms with Crippen LogP contribution in [0.3, 0.4) is 0 Å². The van der Waals surface area contributed by atoms with Crippen molar-refractivity contribution < 1.29 is 18.0 Å². The Morgan fingerprint density at radius 2 is 2.03 bits per heavy atom. The van der Waals surface area contributed by atoms with E-state index in [0.29, 0.717) is 38.3 Å². The summed E-state index contributed by atoms with van der Waals surface area (Å²) in [4.78, 5) is 15.5. The van der Waals surface area contributed by atoms with E-state index in [0.717, 1.165) is 17.6 Å². The van der Waals surface area contributed by atoms with Crippen LogP contribution in [0.5, 0.6) is 0 Å². The van der Waals surface area contributed by atoms with Crippen molar-refractivity contribution in [2.75, 3.05) is 42.5 Å². The third-order valence-electron chi connectivity index (χ3n) is 5.54. The van der Waals surface area contributed by atoms with Crippen LogP contribution in [0, 0.1) is 17.2 Å². The molecule has 0 radical (unpaired) electrons. The summed E-state index contributed by atoms with van der Waals surface area (Å²) in [5.41, 5.74) is 5.51. The SMILES string of the molecule is CC(C)C[C@@H](C(N)=O)N(CC#N)c1nscc1-c1ccc(N2CCNCC2)cc1C(F)(F)F. The number of piperazine rings is 1. The molecule has 0 aliphatic carbocycles. The molecule has 7 nitrogen and oxygen atoms in total. The van der Waals surface area contributed by atoms with Crippen LogP contribution in [0.25, 0.3) is 11.1 Å². The van der Waals surface area contributed by atoms with Gasteiger partial charge in [-0.05, 0) is 41.6 Å². The van der Waals surface area contributed by atoms with Gasteiger partial charge in [0.1, 0.15) is 12.6 Å². The number of carbonyl (C=O) groups is 1. The van der Waals surface area contributed by atoms with E-state index in [1.807, 2.05) is 24.8 Å². The molecule has 0 unspecified atom stereocenters. The second-order valence-electron chi connectivity index (χ2n) is 8.35. The van der Waals surface area contributed by atoms with Crippen molar-refractivity contribution in [3.63, 3.8) is 0 Å². The Hall–Kier alpha value is -2.84. The molecule has 1 aliphatic heterocycles. The highest BCUT2D eigenvalue weighted by Crippen LogP contribution is 2.43. The van der Waals surface area contributed by atoms with E-state index in [4.69, 9.17) is 5.73 Å². The molecular formula is C22H27F3N6OS. The number of rotatable bonds is 8. The summed E-state index contributed by atoms with van der Waals surface area (Å²) in [7, 11) is 0. The number of carbonyl (C=O) groups excluding carboxylic acids is 1. The molecule has 1 amide bonds. The summed E-state index contributed by atoms with van der Waals surface area (Å²) in [6.45, 7) is 6.22. The van der Waals surface area contributed by atoms with Gasteiger partial charge in [0.05, 0.1) is 11.6 Å². The number of nitrogens with zero attached hydrogens (tertiary/aromatic N) is 4. The van der Waals surface area contributed by atoms with Crippen molar-refractivity contribution in [2.45, 2.75) is 32.5 Å². The zero-order chi connectivity index (χ0) is 24.2. The third-order valence-corrected chi connectivity index (χ3v) is 6.16. The molecule has 3 N–H and O–H groups in total. The Labute approximate surface area is 195 Å². The number of alkyl halides is 3. The van der Waals surface area contributed by atoms with E-state index >= 15 is 0 Å². The van der Waals surface area contributed by atoms with Gasteiger partial charge in [-0.25, -0.2) is 0 Å². The first-order chi connectivity index (χ1) is 15.6. The van der Waals surface area contributed by atoms with Crippen LogP contribution in [0.15, 0.2) is 23.6 Å². The van der Waals surface area contributed by atoms with E-state index in [1.165, 1.54) is 16.3 Å². The number of benzene rings is 1. The van der Waals surface area contributed by atoms with Gasteiger partial charge < -0.3 is 20.9 Å². The fourth-order valence-corrected chi connectivity index (χ4v) is 4.69. The molecule has 1 atom stereocenters. The minimum absolute atomic E-state index is 0.0409. The van der Waals surface area contributed by atoms with Gasteiger partial charge in [-0.1, -0.05) is 19.9 Å². The van der Waals surface area contributed by atoms with Crippen LogP contribution in [0.1, 0.15) is 25.8 Å². The number of halogens is 3. The summed E-state index contributed by atoms with van der Waals surface area (Å²) in [6, 6.07) is 5.41. The summed E-state index contributed by atoms with van der Waals surface area (Å²) < 4.78 is 46.7. The maximum atomic E-state index is 14.1. The van der Waals surface area contributed by atoms with Gasteiger partial charge in [-0.3, -0.25) is 4.79 Å². The topological polar surface area (TPSA) is 98.3 Å². The van der Waals surface area contributed by atoms with Crippen molar-refractivity contribution in [3.05, 3.63) is 29.1 Å². The lowest BCUT2D eigenvalue weighted by molar-refractivity contribution is -0.137. The minimum Gasteiger partial charge on any atom is -0.369 e. The number of nitriles is 1. The molecule has 2 aromatic rings. The Bertz CT molecular complexity index is 1010. The van der Waals surface area contributed by atoms with E-state index in [2.05, 4.69) is 9.69 Å². The van der Waals surface area contributed by atoms with Crippen LogP contribution in [0.4, 0.5) is 24.7 Å². The molecule has 0 saturated carbocycles. The van der Waals surface area contributed by atoms with E-state index in [9.17, 15) is 23.2 Å². The zero-order valence-electron chi connectivity index (χ0n) is 18.5. The Morgan fingerprint density at radius 1 is 1.33 bits per heavy atom. The first kappa shape index (κ1) is 24.8. The van der Waals surface area contributed by atoms with Crippen LogP contribution in [-0.4, -0.2) is 49.0 Å². The molecule has 1 aliphatic rings. The number of anilines is 2. The molecule has 178 valence electrons. The number of hydrogen-bond acceptors (Lipinski definition) is 7. The number of aromatic nitrogens is 1. The van der Waals surface area contributed by atoms with Gasteiger partial charge in [0, 0.05) is 42.8 Å². The average molecular weight is 481 g/mol. The summed E-state index contributed by atoms with van der Waals surface area (Å²) in [6.07, 6.45) is -4.25. The second kappa shape index (κ2) is 10.4. The molecule has 2 heterocycles. The molecule has 33 heavy (non-hydrogen) atoms. The van der Waals surface area contributed by atoms with E-state index in [-0.39, 0.29) is 29.4 Å². The maximum absolute atomic E-state index is 14.1. The first-order valence-electron chi connectivity index (χ1n) is 10.7. The largest absolute Gasteiger partial charge is 0.417 e. The van der Waals surface area contributed by atoms with Gasteiger partial charge in [-0.15, -0.1) is 0 Å². The van der Waals surface area contributed by atoms with E-state index in [1.54, 1.807) is 6.07 Å². The zero-order valence-corrected chi connectivity index (χ0v) is 19.3. The van der Waals surface area contributed by atoms with Gasteiger partial charge >= 0.3 is 6.18 Å². The van der Waals surface area contributed by atoms with Crippen LogP contribution in [0.2, 0.25) is 0 Å². The Balaban J connectivity index is 2.09. The molecule has 0 bridgehead atoms. The van der Waals surface area contributed by atoms with E-state index < -0.39 is 23.7 Å². The number of nitrogens with two attached hydrogens (primary N) is 1. The molecule has 3 rings (SSSR count). The normalized spacial score (nSPS) is 15.4. The number of primary amides is 1. The molecule has 1 aromatic heterocycles. The van der Waals surface area contributed by atoms with Crippen molar-refractivity contribution >= 4 is 28.9 Å². The Morgan fingerprint density at radius 3 is 2.61 bits per heavy atom. The van der Waals surface area contributed by atoms with Gasteiger partial charge in [-0.2, -0.15) is 22.8 Å². The minimum atomic E-state index is -4.60. The van der Waals surface area contributed by atoms with Crippen molar-refractivity contribution in [2.24, 2.45) is 11.7 Å². The van der Waals surface area contributed by atoms with Gasteiger partial charge in [0.2, 0.25) is 5.91 Å². The lowest BCUT2D eigenvalue weighted by Gasteiger charge is -2.31.